The predicted octanol–water partition coefficient (Wildman–Crippen LogP) is 3.38. The van der Waals surface area contributed by atoms with Gasteiger partial charge in [-0.2, -0.15) is 18.4 Å². The second-order valence-electron chi connectivity index (χ2n) is 5.95. The number of nitrogens with one attached hydrogen (secondary N) is 2. The molecule has 2 rings (SSSR count). The van der Waals surface area contributed by atoms with E-state index in [0.717, 1.165) is 12.1 Å². The Bertz CT molecular complexity index is 865. The molecule has 1 unspecified atom stereocenters. The van der Waals surface area contributed by atoms with Crippen molar-refractivity contribution in [1.29, 1.82) is 5.26 Å². The van der Waals surface area contributed by atoms with Crippen molar-refractivity contribution in [3.63, 3.8) is 0 Å². The summed E-state index contributed by atoms with van der Waals surface area (Å²) in [5, 5.41) is 13.0. The second-order valence-corrected chi connectivity index (χ2v) is 7.14. The standard InChI is InChI=1S/C20H18F3N3O2S/c21-20(22,23)16-8-6-14(7-9-16)13-29-17(19(28)25-11-10-24)12-26-18(27)15-4-2-1-3-5-15/h1-9,17H,11-13H2,(H,25,28)(H,26,27). The molecule has 5 nitrogen and oxygen atoms in total. The highest BCUT2D eigenvalue weighted by Gasteiger charge is 2.30. The average Bonchev–Trinajstić information content (AvgIpc) is 2.72. The molecule has 29 heavy (non-hydrogen) atoms. The van der Waals surface area contributed by atoms with Crippen LogP contribution in [0, 0.1) is 11.3 Å². The van der Waals surface area contributed by atoms with Crippen LogP contribution < -0.4 is 10.6 Å². The molecule has 2 aromatic rings. The maximum absolute atomic E-state index is 12.6. The Morgan fingerprint density at radius 3 is 2.28 bits per heavy atom. The fourth-order valence-electron chi connectivity index (χ4n) is 2.33. The van der Waals surface area contributed by atoms with Gasteiger partial charge in [0.25, 0.3) is 5.91 Å². The molecule has 2 aromatic carbocycles. The summed E-state index contributed by atoms with van der Waals surface area (Å²) < 4.78 is 37.9. The van der Waals surface area contributed by atoms with E-state index in [9.17, 15) is 22.8 Å². The molecule has 0 aromatic heterocycles. The van der Waals surface area contributed by atoms with Crippen molar-refractivity contribution >= 4 is 23.6 Å². The Hall–Kier alpha value is -2.99. The summed E-state index contributed by atoms with van der Waals surface area (Å²) in [7, 11) is 0. The van der Waals surface area contributed by atoms with Crippen molar-refractivity contribution in [3.8, 4) is 6.07 Å². The molecule has 2 amide bonds. The first-order valence-corrected chi connectivity index (χ1v) is 9.62. The lowest BCUT2D eigenvalue weighted by atomic mass is 10.1. The summed E-state index contributed by atoms with van der Waals surface area (Å²) in [5.74, 6) is -0.514. The fraction of sp³-hybridized carbons (Fsp3) is 0.250. The highest BCUT2D eigenvalue weighted by molar-refractivity contribution is 7.99. The number of hydrogen-bond acceptors (Lipinski definition) is 4. The molecule has 0 aliphatic heterocycles. The number of carbonyl (C=O) groups excluding carboxylic acids is 2. The summed E-state index contributed by atoms with van der Waals surface area (Å²) in [4.78, 5) is 24.5. The summed E-state index contributed by atoms with van der Waals surface area (Å²) in [6.45, 7) is -0.168. The Labute approximate surface area is 170 Å². The van der Waals surface area contributed by atoms with E-state index in [0.29, 0.717) is 11.1 Å². The molecule has 0 heterocycles. The zero-order chi connectivity index (χ0) is 21.3. The molecule has 9 heteroatoms. The molecule has 0 radical (unpaired) electrons. The minimum Gasteiger partial charge on any atom is -0.350 e. The van der Waals surface area contributed by atoms with Gasteiger partial charge in [0.1, 0.15) is 11.8 Å². The summed E-state index contributed by atoms with van der Waals surface area (Å²) in [5.41, 5.74) is 0.302. The smallest absolute Gasteiger partial charge is 0.350 e. The van der Waals surface area contributed by atoms with Crippen molar-refractivity contribution in [2.45, 2.75) is 17.2 Å². The summed E-state index contributed by atoms with van der Waals surface area (Å²) >= 11 is 1.17. The zero-order valence-corrected chi connectivity index (χ0v) is 16.0. The van der Waals surface area contributed by atoms with Gasteiger partial charge in [0, 0.05) is 17.9 Å². The molecule has 2 N–H and O–H groups in total. The highest BCUT2D eigenvalue weighted by atomic mass is 32.2. The fourth-order valence-corrected chi connectivity index (χ4v) is 3.35. The van der Waals surface area contributed by atoms with Crippen molar-refractivity contribution < 1.29 is 22.8 Å². The van der Waals surface area contributed by atoms with Crippen LogP contribution in [0.1, 0.15) is 21.5 Å². The number of halogens is 3. The normalized spacial score (nSPS) is 11.9. The first kappa shape index (κ1) is 22.3. The number of rotatable bonds is 8. The van der Waals surface area contributed by atoms with Gasteiger partial charge in [-0.3, -0.25) is 9.59 Å². The van der Waals surface area contributed by atoms with Gasteiger partial charge in [-0.1, -0.05) is 30.3 Å². The van der Waals surface area contributed by atoms with Crippen LogP contribution in [0.4, 0.5) is 13.2 Å². The second kappa shape index (κ2) is 10.5. The quantitative estimate of drug-likeness (QED) is 0.641. The van der Waals surface area contributed by atoms with Gasteiger partial charge in [0.15, 0.2) is 0 Å². The van der Waals surface area contributed by atoms with E-state index in [1.54, 1.807) is 36.4 Å². The van der Waals surface area contributed by atoms with Crippen LogP contribution in [0.25, 0.3) is 0 Å². The number of thioether (sulfide) groups is 1. The van der Waals surface area contributed by atoms with E-state index in [2.05, 4.69) is 10.6 Å². The third-order valence-corrected chi connectivity index (χ3v) is 5.13. The maximum Gasteiger partial charge on any atom is 0.416 e. The van der Waals surface area contributed by atoms with Crippen molar-refractivity contribution in [2.24, 2.45) is 0 Å². The molecule has 0 aliphatic rings. The number of benzene rings is 2. The van der Waals surface area contributed by atoms with Gasteiger partial charge in [-0.25, -0.2) is 0 Å². The lowest BCUT2D eigenvalue weighted by molar-refractivity contribution is -0.137. The van der Waals surface area contributed by atoms with Crippen LogP contribution in [-0.2, 0) is 16.7 Å². The topological polar surface area (TPSA) is 82.0 Å². The molecule has 152 valence electrons. The average molecular weight is 421 g/mol. The predicted molar refractivity (Wildman–Crippen MR) is 104 cm³/mol. The molecule has 1 atom stereocenters. The van der Waals surface area contributed by atoms with Gasteiger partial charge in [0.05, 0.1) is 11.6 Å². The first-order chi connectivity index (χ1) is 13.8. The Balaban J connectivity index is 1.99. The number of alkyl halides is 3. The molecule has 0 saturated carbocycles. The zero-order valence-electron chi connectivity index (χ0n) is 15.2. The van der Waals surface area contributed by atoms with Crippen LogP contribution in [0.3, 0.4) is 0 Å². The number of nitriles is 1. The SMILES string of the molecule is N#CCNC(=O)C(CNC(=O)c1ccccc1)SCc1ccc(C(F)(F)F)cc1. The lowest BCUT2D eigenvalue weighted by Crippen LogP contribution is -2.41. The van der Waals surface area contributed by atoms with E-state index in [4.69, 9.17) is 5.26 Å². The van der Waals surface area contributed by atoms with Crippen LogP contribution in [0.15, 0.2) is 54.6 Å². The molecule has 0 aliphatic carbocycles. The monoisotopic (exact) mass is 421 g/mol. The van der Waals surface area contributed by atoms with Gasteiger partial charge >= 0.3 is 6.18 Å². The molecular formula is C20H18F3N3O2S. The molecule has 0 saturated heterocycles. The van der Waals surface area contributed by atoms with E-state index >= 15 is 0 Å². The number of amides is 2. The maximum atomic E-state index is 12.6. The van der Waals surface area contributed by atoms with E-state index < -0.39 is 22.9 Å². The molecule has 0 spiro atoms. The number of nitrogens with zero attached hydrogens (tertiary/aromatic N) is 1. The Morgan fingerprint density at radius 1 is 1.03 bits per heavy atom. The van der Waals surface area contributed by atoms with Crippen LogP contribution in [0.5, 0.6) is 0 Å². The minimum atomic E-state index is -4.41. The number of hydrogen-bond donors (Lipinski definition) is 2. The highest BCUT2D eigenvalue weighted by Crippen LogP contribution is 2.29. The van der Waals surface area contributed by atoms with Gasteiger partial charge in [0.2, 0.25) is 5.91 Å². The van der Waals surface area contributed by atoms with Gasteiger partial charge in [-0.15, -0.1) is 11.8 Å². The van der Waals surface area contributed by atoms with Crippen molar-refractivity contribution in [2.75, 3.05) is 13.1 Å². The minimum absolute atomic E-state index is 0.0102. The third kappa shape index (κ3) is 7.16. The first-order valence-electron chi connectivity index (χ1n) is 8.57. The van der Waals surface area contributed by atoms with Crippen LogP contribution in [-0.4, -0.2) is 30.2 Å². The van der Waals surface area contributed by atoms with Gasteiger partial charge in [-0.05, 0) is 29.8 Å². The Kier molecular flexibility index (Phi) is 8.09. The van der Waals surface area contributed by atoms with E-state index in [-0.39, 0.29) is 24.7 Å². The largest absolute Gasteiger partial charge is 0.416 e. The molecular weight excluding hydrogens is 403 g/mol. The molecule has 0 bridgehead atoms. The lowest BCUT2D eigenvalue weighted by Gasteiger charge is -2.17. The summed E-state index contributed by atoms with van der Waals surface area (Å²) in [6, 6.07) is 14.9. The van der Waals surface area contributed by atoms with Crippen LogP contribution >= 0.6 is 11.8 Å². The van der Waals surface area contributed by atoms with Crippen molar-refractivity contribution in [3.05, 3.63) is 71.3 Å². The summed E-state index contributed by atoms with van der Waals surface area (Å²) in [6.07, 6.45) is -4.41. The van der Waals surface area contributed by atoms with Gasteiger partial charge < -0.3 is 10.6 Å². The van der Waals surface area contributed by atoms with Crippen molar-refractivity contribution in [1.82, 2.24) is 10.6 Å². The van der Waals surface area contributed by atoms with Crippen LogP contribution in [0.2, 0.25) is 0 Å². The Morgan fingerprint density at radius 2 is 1.69 bits per heavy atom. The number of carbonyl (C=O) groups is 2. The van der Waals surface area contributed by atoms with E-state index in [1.807, 2.05) is 0 Å². The van der Waals surface area contributed by atoms with E-state index in [1.165, 1.54) is 23.9 Å². The third-order valence-electron chi connectivity index (χ3n) is 3.85. The molecule has 0 fully saturated rings.